The van der Waals surface area contributed by atoms with Crippen LogP contribution in [0.25, 0.3) is 0 Å². The summed E-state index contributed by atoms with van der Waals surface area (Å²) in [5.74, 6) is 0.325. The SMILES string of the molecule is CCc1ccccc1CNC(C)Cc1ccc(O)cc1. The smallest absolute Gasteiger partial charge is 0.115 e. The third-order valence-electron chi connectivity index (χ3n) is 3.62. The average Bonchev–Trinajstić information content (AvgIpc) is 2.48. The third kappa shape index (κ3) is 4.10. The summed E-state index contributed by atoms with van der Waals surface area (Å²) in [5, 5.41) is 12.9. The van der Waals surface area contributed by atoms with E-state index in [1.807, 2.05) is 12.1 Å². The van der Waals surface area contributed by atoms with E-state index in [4.69, 9.17) is 0 Å². The molecule has 0 aromatic heterocycles. The van der Waals surface area contributed by atoms with Crippen LogP contribution in [0.2, 0.25) is 0 Å². The number of aromatic hydroxyl groups is 1. The molecular weight excluding hydrogens is 246 g/mol. The number of nitrogens with one attached hydrogen (secondary N) is 1. The zero-order chi connectivity index (χ0) is 14.4. The Morgan fingerprint density at radius 1 is 1.00 bits per heavy atom. The lowest BCUT2D eigenvalue weighted by molar-refractivity contribution is 0.474. The summed E-state index contributed by atoms with van der Waals surface area (Å²) in [6.45, 7) is 5.30. The topological polar surface area (TPSA) is 32.3 Å². The van der Waals surface area contributed by atoms with E-state index in [0.29, 0.717) is 11.8 Å². The Hall–Kier alpha value is -1.80. The van der Waals surface area contributed by atoms with Gasteiger partial charge in [0.1, 0.15) is 5.75 Å². The number of hydrogen-bond donors (Lipinski definition) is 2. The summed E-state index contributed by atoms with van der Waals surface area (Å²) in [5.41, 5.74) is 4.04. The van der Waals surface area contributed by atoms with Crippen molar-refractivity contribution in [2.75, 3.05) is 0 Å². The van der Waals surface area contributed by atoms with Gasteiger partial charge in [-0.1, -0.05) is 43.3 Å². The monoisotopic (exact) mass is 269 g/mol. The van der Waals surface area contributed by atoms with Crippen LogP contribution in [0.4, 0.5) is 0 Å². The van der Waals surface area contributed by atoms with Gasteiger partial charge in [-0.3, -0.25) is 0 Å². The molecule has 20 heavy (non-hydrogen) atoms. The molecule has 0 saturated carbocycles. The minimum atomic E-state index is 0.325. The van der Waals surface area contributed by atoms with Crippen molar-refractivity contribution in [2.24, 2.45) is 0 Å². The average molecular weight is 269 g/mol. The zero-order valence-electron chi connectivity index (χ0n) is 12.3. The van der Waals surface area contributed by atoms with Crippen molar-refractivity contribution in [3.63, 3.8) is 0 Å². The van der Waals surface area contributed by atoms with Crippen LogP contribution >= 0.6 is 0 Å². The van der Waals surface area contributed by atoms with E-state index in [1.54, 1.807) is 12.1 Å². The van der Waals surface area contributed by atoms with Gasteiger partial charge in [0.05, 0.1) is 0 Å². The zero-order valence-corrected chi connectivity index (χ0v) is 12.3. The summed E-state index contributed by atoms with van der Waals surface area (Å²) in [7, 11) is 0. The Balaban J connectivity index is 1.88. The minimum Gasteiger partial charge on any atom is -0.508 e. The maximum Gasteiger partial charge on any atom is 0.115 e. The van der Waals surface area contributed by atoms with Crippen molar-refractivity contribution in [1.29, 1.82) is 0 Å². The van der Waals surface area contributed by atoms with E-state index < -0.39 is 0 Å². The lowest BCUT2D eigenvalue weighted by atomic mass is 10.0. The Labute approximate surface area is 121 Å². The number of phenols is 1. The van der Waals surface area contributed by atoms with Gasteiger partial charge in [-0.05, 0) is 48.6 Å². The second kappa shape index (κ2) is 7.11. The molecule has 2 heteroatoms. The fourth-order valence-corrected chi connectivity index (χ4v) is 2.42. The van der Waals surface area contributed by atoms with E-state index in [9.17, 15) is 5.11 Å². The summed E-state index contributed by atoms with van der Waals surface area (Å²) in [4.78, 5) is 0. The van der Waals surface area contributed by atoms with Gasteiger partial charge >= 0.3 is 0 Å². The highest BCUT2D eigenvalue weighted by Crippen LogP contribution is 2.12. The standard InChI is InChI=1S/C18H23NO/c1-3-16-6-4-5-7-17(16)13-19-14(2)12-15-8-10-18(20)11-9-15/h4-11,14,19-20H,3,12-13H2,1-2H3. The fraction of sp³-hybridized carbons (Fsp3) is 0.333. The largest absolute Gasteiger partial charge is 0.508 e. The molecule has 2 nitrogen and oxygen atoms in total. The van der Waals surface area contributed by atoms with Crippen LogP contribution in [0.5, 0.6) is 5.75 Å². The second-order valence-electron chi connectivity index (χ2n) is 5.27. The maximum absolute atomic E-state index is 9.28. The van der Waals surface area contributed by atoms with Crippen molar-refractivity contribution < 1.29 is 5.11 Å². The molecule has 2 N–H and O–H groups in total. The quantitative estimate of drug-likeness (QED) is 0.838. The first kappa shape index (κ1) is 14.6. The van der Waals surface area contributed by atoms with Crippen molar-refractivity contribution >= 4 is 0 Å². The molecule has 1 atom stereocenters. The Morgan fingerprint density at radius 2 is 1.65 bits per heavy atom. The van der Waals surface area contributed by atoms with Gasteiger partial charge in [0.25, 0.3) is 0 Å². The maximum atomic E-state index is 9.28. The van der Waals surface area contributed by atoms with Crippen molar-refractivity contribution in [2.45, 2.75) is 39.3 Å². The molecule has 0 aliphatic rings. The van der Waals surface area contributed by atoms with Gasteiger partial charge in [-0.15, -0.1) is 0 Å². The Morgan fingerprint density at radius 3 is 2.30 bits per heavy atom. The first-order valence-electron chi connectivity index (χ1n) is 7.27. The van der Waals surface area contributed by atoms with Gasteiger partial charge in [0.15, 0.2) is 0 Å². The van der Waals surface area contributed by atoms with E-state index in [2.05, 4.69) is 43.4 Å². The molecule has 2 rings (SSSR count). The first-order valence-corrected chi connectivity index (χ1v) is 7.27. The first-order chi connectivity index (χ1) is 9.69. The highest BCUT2D eigenvalue weighted by Gasteiger charge is 2.05. The molecule has 0 aliphatic carbocycles. The molecular formula is C18H23NO. The summed E-state index contributed by atoms with van der Waals surface area (Å²) < 4.78 is 0. The number of phenolic OH excluding ortho intramolecular Hbond substituents is 1. The van der Waals surface area contributed by atoms with E-state index in [-0.39, 0.29) is 0 Å². The Bertz CT molecular complexity index is 533. The van der Waals surface area contributed by atoms with Crippen molar-refractivity contribution in [1.82, 2.24) is 5.32 Å². The highest BCUT2D eigenvalue weighted by atomic mass is 16.3. The van der Waals surface area contributed by atoms with Crippen LogP contribution in [0.1, 0.15) is 30.5 Å². The highest BCUT2D eigenvalue weighted by molar-refractivity contribution is 5.28. The van der Waals surface area contributed by atoms with Crippen LogP contribution in [-0.4, -0.2) is 11.1 Å². The normalized spacial score (nSPS) is 12.3. The molecule has 0 bridgehead atoms. The molecule has 2 aromatic rings. The molecule has 0 aliphatic heterocycles. The molecule has 106 valence electrons. The number of aryl methyl sites for hydroxylation is 1. The summed E-state index contributed by atoms with van der Waals surface area (Å²) in [6, 6.07) is 16.4. The summed E-state index contributed by atoms with van der Waals surface area (Å²) in [6.07, 6.45) is 2.04. The van der Waals surface area contributed by atoms with Crippen LogP contribution in [0.3, 0.4) is 0 Å². The van der Waals surface area contributed by atoms with Crippen LogP contribution in [-0.2, 0) is 19.4 Å². The molecule has 0 fully saturated rings. The lowest BCUT2D eigenvalue weighted by Gasteiger charge is -2.15. The van der Waals surface area contributed by atoms with Gasteiger partial charge in [0, 0.05) is 12.6 Å². The van der Waals surface area contributed by atoms with Crippen molar-refractivity contribution in [3.05, 3.63) is 65.2 Å². The number of benzene rings is 2. The molecule has 0 radical (unpaired) electrons. The third-order valence-corrected chi connectivity index (χ3v) is 3.62. The predicted molar refractivity (Wildman–Crippen MR) is 83.9 cm³/mol. The van der Waals surface area contributed by atoms with Crippen molar-refractivity contribution in [3.8, 4) is 5.75 Å². The number of hydrogen-bond acceptors (Lipinski definition) is 2. The summed E-state index contributed by atoms with van der Waals surface area (Å²) >= 11 is 0. The second-order valence-corrected chi connectivity index (χ2v) is 5.27. The molecule has 0 saturated heterocycles. The molecule has 0 heterocycles. The molecule has 2 aromatic carbocycles. The van der Waals surface area contributed by atoms with Gasteiger partial charge in [-0.25, -0.2) is 0 Å². The Kier molecular flexibility index (Phi) is 5.19. The van der Waals surface area contributed by atoms with Gasteiger partial charge < -0.3 is 10.4 Å². The lowest BCUT2D eigenvalue weighted by Crippen LogP contribution is -2.27. The van der Waals surface area contributed by atoms with E-state index in [0.717, 1.165) is 19.4 Å². The molecule has 0 amide bonds. The predicted octanol–water partition coefficient (Wildman–Crippen LogP) is 3.68. The van der Waals surface area contributed by atoms with Gasteiger partial charge in [0.2, 0.25) is 0 Å². The van der Waals surface area contributed by atoms with Gasteiger partial charge in [-0.2, -0.15) is 0 Å². The van der Waals surface area contributed by atoms with Crippen LogP contribution < -0.4 is 5.32 Å². The molecule has 1 unspecified atom stereocenters. The van der Waals surface area contributed by atoms with Crippen LogP contribution in [0, 0.1) is 0 Å². The van der Waals surface area contributed by atoms with E-state index >= 15 is 0 Å². The molecule has 0 spiro atoms. The number of rotatable bonds is 6. The van der Waals surface area contributed by atoms with E-state index in [1.165, 1.54) is 16.7 Å². The minimum absolute atomic E-state index is 0.325. The fourth-order valence-electron chi connectivity index (χ4n) is 2.42. The van der Waals surface area contributed by atoms with Crippen LogP contribution in [0.15, 0.2) is 48.5 Å².